The largest absolute Gasteiger partial charge is 0.331 e. The maximum absolute atomic E-state index is 12.3. The molecule has 1 aliphatic heterocycles. The van der Waals surface area contributed by atoms with E-state index in [2.05, 4.69) is 10.3 Å². The fourth-order valence-corrected chi connectivity index (χ4v) is 2.60. The average Bonchev–Trinajstić information content (AvgIpc) is 2.65. The van der Waals surface area contributed by atoms with Crippen LogP contribution >= 0.6 is 0 Å². The summed E-state index contributed by atoms with van der Waals surface area (Å²) in [5, 5.41) is 3.22. The molecule has 1 aromatic carbocycles. The molecule has 100 valence electrons. The standard InChI is InChI=1S/C15H19N3O/c1-10(11-8-16-9-11)14(19)7-15-17-12-5-3-4-6-13(12)18(15)2/h3-6,10-11,16H,7-9H2,1-2H3. The first-order valence-electron chi connectivity index (χ1n) is 6.80. The van der Waals surface area contributed by atoms with Gasteiger partial charge in [-0.05, 0) is 31.1 Å². The molecule has 1 aliphatic rings. The Morgan fingerprint density at radius 3 is 2.84 bits per heavy atom. The Balaban J connectivity index is 1.80. The van der Waals surface area contributed by atoms with E-state index in [4.69, 9.17) is 0 Å². The molecule has 1 fully saturated rings. The van der Waals surface area contributed by atoms with Crippen molar-refractivity contribution in [3.63, 3.8) is 0 Å². The van der Waals surface area contributed by atoms with Crippen LogP contribution in [0.5, 0.6) is 0 Å². The van der Waals surface area contributed by atoms with Crippen LogP contribution < -0.4 is 5.32 Å². The molecule has 0 bridgehead atoms. The molecule has 4 nitrogen and oxygen atoms in total. The number of hydrogen-bond acceptors (Lipinski definition) is 3. The normalized spacial score (nSPS) is 17.4. The SMILES string of the molecule is CC(C(=O)Cc1nc2ccccc2n1C)C1CNC1. The van der Waals surface area contributed by atoms with E-state index in [1.54, 1.807) is 0 Å². The number of fused-ring (bicyclic) bond motifs is 1. The zero-order valence-corrected chi connectivity index (χ0v) is 11.4. The van der Waals surface area contributed by atoms with Crippen LogP contribution in [0.25, 0.3) is 11.0 Å². The predicted molar refractivity (Wildman–Crippen MR) is 74.9 cm³/mol. The Morgan fingerprint density at radius 1 is 1.47 bits per heavy atom. The van der Waals surface area contributed by atoms with Crippen molar-refractivity contribution in [2.75, 3.05) is 13.1 Å². The molecule has 3 rings (SSSR count). The van der Waals surface area contributed by atoms with E-state index in [1.165, 1.54) is 0 Å². The van der Waals surface area contributed by atoms with E-state index in [9.17, 15) is 4.79 Å². The van der Waals surface area contributed by atoms with Crippen molar-refractivity contribution in [3.05, 3.63) is 30.1 Å². The van der Waals surface area contributed by atoms with Gasteiger partial charge in [-0.2, -0.15) is 0 Å². The Hall–Kier alpha value is -1.68. The van der Waals surface area contributed by atoms with Gasteiger partial charge >= 0.3 is 0 Å². The molecule has 0 radical (unpaired) electrons. The molecule has 0 spiro atoms. The number of rotatable bonds is 4. The summed E-state index contributed by atoms with van der Waals surface area (Å²) in [6.07, 6.45) is 0.433. The molecule has 1 atom stereocenters. The van der Waals surface area contributed by atoms with E-state index in [0.29, 0.717) is 18.1 Å². The molecular weight excluding hydrogens is 238 g/mol. The molecule has 4 heteroatoms. The highest BCUT2D eigenvalue weighted by Gasteiger charge is 2.29. The summed E-state index contributed by atoms with van der Waals surface area (Å²) >= 11 is 0. The Morgan fingerprint density at radius 2 is 2.21 bits per heavy atom. The number of ketones is 1. The van der Waals surface area contributed by atoms with Crippen molar-refractivity contribution in [1.29, 1.82) is 0 Å². The zero-order chi connectivity index (χ0) is 13.4. The van der Waals surface area contributed by atoms with Crippen molar-refractivity contribution in [2.24, 2.45) is 18.9 Å². The van der Waals surface area contributed by atoms with Gasteiger partial charge in [0.05, 0.1) is 17.5 Å². The highest BCUT2D eigenvalue weighted by atomic mass is 16.1. The Bertz CT molecular complexity index is 613. The van der Waals surface area contributed by atoms with Gasteiger partial charge < -0.3 is 9.88 Å². The number of nitrogens with one attached hydrogen (secondary N) is 1. The lowest BCUT2D eigenvalue weighted by atomic mass is 9.85. The van der Waals surface area contributed by atoms with Gasteiger partial charge in [0.25, 0.3) is 0 Å². The third-order valence-electron chi connectivity index (χ3n) is 4.24. The molecule has 0 saturated carbocycles. The average molecular weight is 257 g/mol. The lowest BCUT2D eigenvalue weighted by molar-refractivity contribution is -0.124. The molecule has 1 N–H and O–H groups in total. The van der Waals surface area contributed by atoms with Crippen LogP contribution in [0.3, 0.4) is 0 Å². The smallest absolute Gasteiger partial charge is 0.143 e. The zero-order valence-electron chi connectivity index (χ0n) is 11.4. The Labute approximate surface area is 112 Å². The van der Waals surface area contributed by atoms with Crippen molar-refractivity contribution < 1.29 is 4.79 Å². The lowest BCUT2D eigenvalue weighted by Crippen LogP contribution is -2.47. The second kappa shape index (κ2) is 4.78. The molecule has 19 heavy (non-hydrogen) atoms. The van der Waals surface area contributed by atoms with Crippen LogP contribution in [0.2, 0.25) is 0 Å². The number of Topliss-reactive ketones (excluding diaryl/α,β-unsaturated/α-hetero) is 1. The molecule has 2 heterocycles. The summed E-state index contributed by atoms with van der Waals surface area (Å²) in [5.74, 6) is 1.79. The highest BCUT2D eigenvalue weighted by molar-refractivity contribution is 5.84. The van der Waals surface area contributed by atoms with Gasteiger partial charge in [0.1, 0.15) is 11.6 Å². The molecular formula is C15H19N3O. The molecule has 0 amide bonds. The van der Waals surface area contributed by atoms with Crippen LogP contribution in [0.4, 0.5) is 0 Å². The number of nitrogens with zero attached hydrogens (tertiary/aromatic N) is 2. The molecule has 0 aliphatic carbocycles. The molecule has 1 unspecified atom stereocenters. The summed E-state index contributed by atoms with van der Waals surface area (Å²) in [7, 11) is 1.98. The maximum Gasteiger partial charge on any atom is 0.143 e. The Kier molecular flexibility index (Phi) is 3.11. The molecule has 2 aromatic rings. The number of hydrogen-bond donors (Lipinski definition) is 1. The van der Waals surface area contributed by atoms with Gasteiger partial charge in [0.2, 0.25) is 0 Å². The van der Waals surface area contributed by atoms with E-state index in [1.807, 2.05) is 42.8 Å². The number of imidazole rings is 1. The predicted octanol–water partition coefficient (Wildman–Crippen LogP) is 1.54. The van der Waals surface area contributed by atoms with Crippen molar-refractivity contribution in [1.82, 2.24) is 14.9 Å². The third kappa shape index (κ3) is 2.16. The summed E-state index contributed by atoms with van der Waals surface area (Å²) in [5.41, 5.74) is 2.05. The molecule has 1 saturated heterocycles. The first-order valence-corrected chi connectivity index (χ1v) is 6.80. The van der Waals surface area contributed by atoms with Gasteiger partial charge in [-0.25, -0.2) is 4.98 Å². The summed E-state index contributed by atoms with van der Waals surface area (Å²) in [6, 6.07) is 8.00. The fourth-order valence-electron chi connectivity index (χ4n) is 2.60. The minimum absolute atomic E-state index is 0.126. The monoisotopic (exact) mass is 257 g/mol. The second-order valence-corrected chi connectivity index (χ2v) is 5.43. The van der Waals surface area contributed by atoms with Gasteiger partial charge in [-0.15, -0.1) is 0 Å². The topological polar surface area (TPSA) is 46.9 Å². The van der Waals surface area contributed by atoms with E-state index >= 15 is 0 Å². The van der Waals surface area contributed by atoms with Crippen LogP contribution in [-0.4, -0.2) is 28.4 Å². The number of carbonyl (C=O) groups is 1. The minimum Gasteiger partial charge on any atom is -0.331 e. The number of carbonyl (C=O) groups excluding carboxylic acids is 1. The van der Waals surface area contributed by atoms with Gasteiger partial charge in [0.15, 0.2) is 0 Å². The van der Waals surface area contributed by atoms with Crippen LogP contribution in [-0.2, 0) is 18.3 Å². The summed E-state index contributed by atoms with van der Waals surface area (Å²) in [4.78, 5) is 16.9. The third-order valence-corrected chi connectivity index (χ3v) is 4.24. The van der Waals surface area contributed by atoms with Crippen molar-refractivity contribution in [2.45, 2.75) is 13.3 Å². The van der Waals surface area contributed by atoms with E-state index in [-0.39, 0.29) is 5.92 Å². The highest BCUT2D eigenvalue weighted by Crippen LogP contribution is 2.20. The first-order chi connectivity index (χ1) is 9.16. The first kappa shape index (κ1) is 12.4. The van der Waals surface area contributed by atoms with Crippen LogP contribution in [0, 0.1) is 11.8 Å². The number of para-hydroxylation sites is 2. The number of aryl methyl sites for hydroxylation is 1. The van der Waals surface area contributed by atoms with Gasteiger partial charge in [-0.3, -0.25) is 4.79 Å². The lowest BCUT2D eigenvalue weighted by Gasteiger charge is -2.31. The maximum atomic E-state index is 12.3. The van der Waals surface area contributed by atoms with E-state index in [0.717, 1.165) is 29.9 Å². The van der Waals surface area contributed by atoms with Gasteiger partial charge in [0, 0.05) is 13.0 Å². The van der Waals surface area contributed by atoms with Crippen molar-refractivity contribution >= 4 is 16.8 Å². The second-order valence-electron chi connectivity index (χ2n) is 5.43. The quantitative estimate of drug-likeness (QED) is 0.903. The van der Waals surface area contributed by atoms with Crippen LogP contribution in [0.15, 0.2) is 24.3 Å². The fraction of sp³-hybridized carbons (Fsp3) is 0.467. The molecule has 1 aromatic heterocycles. The van der Waals surface area contributed by atoms with Crippen LogP contribution in [0.1, 0.15) is 12.7 Å². The summed E-state index contributed by atoms with van der Waals surface area (Å²) in [6.45, 7) is 3.97. The van der Waals surface area contributed by atoms with Gasteiger partial charge in [-0.1, -0.05) is 19.1 Å². The van der Waals surface area contributed by atoms with E-state index < -0.39 is 0 Å². The minimum atomic E-state index is 0.126. The van der Waals surface area contributed by atoms with Crippen molar-refractivity contribution in [3.8, 4) is 0 Å². The number of aromatic nitrogens is 2. The summed E-state index contributed by atoms with van der Waals surface area (Å²) < 4.78 is 2.03. The number of benzene rings is 1.